The van der Waals surface area contributed by atoms with Crippen molar-refractivity contribution in [3.05, 3.63) is 54.7 Å². The van der Waals surface area contributed by atoms with Crippen LogP contribution in [0.2, 0.25) is 0 Å². The number of amides is 1. The van der Waals surface area contributed by atoms with Crippen LogP contribution in [0.5, 0.6) is 0 Å². The lowest BCUT2D eigenvalue weighted by Crippen LogP contribution is -2.19. The van der Waals surface area contributed by atoms with Crippen molar-refractivity contribution >= 4 is 23.5 Å². The van der Waals surface area contributed by atoms with Crippen LogP contribution in [0, 0.1) is 0 Å². The van der Waals surface area contributed by atoms with E-state index in [0.717, 1.165) is 30.0 Å². The molecule has 0 aliphatic heterocycles. The molecule has 1 saturated carbocycles. The standard InChI is InChI=1S/C25H32N6OS/c1-5-16-30-23(18-10-12-19(13-11-18)25(2,3)4)28-29-24(30)33-17-22(32)27-21-14-15-26-31(21)20-8-6-7-9-20/h5,10-15,20H,1,6-9,16-17H2,2-4H3,(H,27,32). The smallest absolute Gasteiger partial charge is 0.235 e. The van der Waals surface area contributed by atoms with Gasteiger partial charge in [-0.1, -0.05) is 75.7 Å². The highest BCUT2D eigenvalue weighted by atomic mass is 32.2. The van der Waals surface area contributed by atoms with Crippen molar-refractivity contribution in [2.24, 2.45) is 0 Å². The number of thioether (sulfide) groups is 1. The Bertz CT molecular complexity index is 1100. The molecular formula is C25H32N6OS. The van der Waals surface area contributed by atoms with Crippen molar-refractivity contribution in [2.75, 3.05) is 11.1 Å². The van der Waals surface area contributed by atoms with Gasteiger partial charge in [0.15, 0.2) is 11.0 Å². The summed E-state index contributed by atoms with van der Waals surface area (Å²) in [6, 6.07) is 10.7. The number of anilines is 1. The minimum absolute atomic E-state index is 0.0796. The van der Waals surface area contributed by atoms with Gasteiger partial charge in [0.1, 0.15) is 5.82 Å². The third-order valence-corrected chi connectivity index (χ3v) is 6.95. The number of carbonyl (C=O) groups excluding carboxylic acids is 1. The van der Waals surface area contributed by atoms with E-state index in [4.69, 9.17) is 0 Å². The van der Waals surface area contributed by atoms with Crippen LogP contribution in [0.25, 0.3) is 11.4 Å². The van der Waals surface area contributed by atoms with E-state index in [1.54, 1.807) is 6.20 Å². The molecule has 0 saturated heterocycles. The van der Waals surface area contributed by atoms with E-state index in [1.807, 2.05) is 21.4 Å². The van der Waals surface area contributed by atoms with Gasteiger partial charge >= 0.3 is 0 Å². The fraction of sp³-hybridized carbons (Fsp3) is 0.440. The fourth-order valence-electron chi connectivity index (χ4n) is 4.18. The van der Waals surface area contributed by atoms with Gasteiger partial charge in [-0.2, -0.15) is 5.10 Å². The summed E-state index contributed by atoms with van der Waals surface area (Å²) in [5.74, 6) is 1.70. The molecule has 0 unspecified atom stereocenters. The van der Waals surface area contributed by atoms with Crippen LogP contribution in [0.1, 0.15) is 58.1 Å². The average molecular weight is 465 g/mol. The van der Waals surface area contributed by atoms with Gasteiger partial charge in [0, 0.05) is 18.2 Å². The highest BCUT2D eigenvalue weighted by Crippen LogP contribution is 2.31. The molecule has 2 aromatic heterocycles. The highest BCUT2D eigenvalue weighted by molar-refractivity contribution is 7.99. The number of allylic oxidation sites excluding steroid dienone is 1. The number of benzene rings is 1. The molecule has 33 heavy (non-hydrogen) atoms. The second-order valence-corrected chi connectivity index (χ2v) is 10.4. The van der Waals surface area contributed by atoms with E-state index < -0.39 is 0 Å². The molecule has 4 rings (SSSR count). The summed E-state index contributed by atoms with van der Waals surface area (Å²) in [5.41, 5.74) is 2.35. The van der Waals surface area contributed by atoms with Gasteiger partial charge < -0.3 is 5.32 Å². The molecule has 8 heteroatoms. The normalized spacial score (nSPS) is 14.5. The van der Waals surface area contributed by atoms with Crippen molar-refractivity contribution in [3.8, 4) is 11.4 Å². The van der Waals surface area contributed by atoms with Crippen molar-refractivity contribution < 1.29 is 4.79 Å². The maximum atomic E-state index is 12.7. The zero-order valence-corrected chi connectivity index (χ0v) is 20.4. The lowest BCUT2D eigenvalue weighted by molar-refractivity contribution is -0.113. The Morgan fingerprint density at radius 2 is 1.91 bits per heavy atom. The molecule has 0 bridgehead atoms. The van der Waals surface area contributed by atoms with Crippen LogP contribution >= 0.6 is 11.8 Å². The first-order valence-electron chi connectivity index (χ1n) is 11.5. The summed E-state index contributed by atoms with van der Waals surface area (Å²) >= 11 is 1.38. The molecule has 1 N–H and O–H groups in total. The summed E-state index contributed by atoms with van der Waals surface area (Å²) in [4.78, 5) is 12.7. The zero-order chi connectivity index (χ0) is 23.4. The number of hydrogen-bond acceptors (Lipinski definition) is 5. The van der Waals surface area contributed by atoms with Gasteiger partial charge in [0.05, 0.1) is 18.0 Å². The summed E-state index contributed by atoms with van der Waals surface area (Å²) in [6.45, 7) is 11.0. The van der Waals surface area contributed by atoms with Crippen LogP contribution in [-0.2, 0) is 16.8 Å². The number of aromatic nitrogens is 5. The fourth-order valence-corrected chi connectivity index (χ4v) is 4.93. The first kappa shape index (κ1) is 23.3. The van der Waals surface area contributed by atoms with Crippen LogP contribution < -0.4 is 5.32 Å². The lowest BCUT2D eigenvalue weighted by atomic mass is 9.87. The predicted octanol–water partition coefficient (Wildman–Crippen LogP) is 5.47. The number of carbonyl (C=O) groups is 1. The monoisotopic (exact) mass is 464 g/mol. The molecule has 2 heterocycles. The van der Waals surface area contributed by atoms with Gasteiger partial charge in [-0.15, -0.1) is 16.8 Å². The summed E-state index contributed by atoms with van der Waals surface area (Å²) in [6.07, 6.45) is 8.23. The van der Waals surface area contributed by atoms with Crippen molar-refractivity contribution in [3.63, 3.8) is 0 Å². The van der Waals surface area contributed by atoms with E-state index in [2.05, 4.69) is 72.2 Å². The molecule has 1 amide bonds. The Morgan fingerprint density at radius 1 is 1.18 bits per heavy atom. The number of nitrogens with zero attached hydrogens (tertiary/aromatic N) is 5. The molecule has 1 aromatic carbocycles. The van der Waals surface area contributed by atoms with Crippen LogP contribution in [0.4, 0.5) is 5.82 Å². The Morgan fingerprint density at radius 3 is 2.58 bits per heavy atom. The Kier molecular flexibility index (Phi) is 7.02. The molecular weight excluding hydrogens is 432 g/mol. The summed E-state index contributed by atoms with van der Waals surface area (Å²) in [5, 5.41) is 16.9. The first-order chi connectivity index (χ1) is 15.9. The minimum atomic E-state index is -0.0796. The van der Waals surface area contributed by atoms with Crippen LogP contribution in [0.3, 0.4) is 0 Å². The summed E-state index contributed by atoms with van der Waals surface area (Å²) in [7, 11) is 0. The molecule has 0 radical (unpaired) electrons. The van der Waals surface area contributed by atoms with Gasteiger partial charge in [0.25, 0.3) is 0 Å². The van der Waals surface area contributed by atoms with E-state index in [-0.39, 0.29) is 17.1 Å². The molecule has 0 spiro atoms. The molecule has 7 nitrogen and oxygen atoms in total. The molecule has 1 aliphatic carbocycles. The molecule has 174 valence electrons. The predicted molar refractivity (Wildman–Crippen MR) is 133 cm³/mol. The van der Waals surface area contributed by atoms with Crippen LogP contribution in [0.15, 0.2) is 54.3 Å². The zero-order valence-electron chi connectivity index (χ0n) is 19.6. The molecule has 1 fully saturated rings. The Balaban J connectivity index is 1.44. The van der Waals surface area contributed by atoms with Gasteiger partial charge in [-0.05, 0) is 23.8 Å². The number of hydrogen-bond donors (Lipinski definition) is 1. The Labute approximate surface area is 199 Å². The third-order valence-electron chi connectivity index (χ3n) is 5.98. The second-order valence-electron chi connectivity index (χ2n) is 9.47. The minimum Gasteiger partial charge on any atom is -0.310 e. The SMILES string of the molecule is C=CCn1c(SCC(=O)Nc2ccnn2C2CCCC2)nnc1-c1ccc(C(C)(C)C)cc1. The highest BCUT2D eigenvalue weighted by Gasteiger charge is 2.21. The largest absolute Gasteiger partial charge is 0.310 e. The molecule has 1 aliphatic rings. The maximum Gasteiger partial charge on any atom is 0.235 e. The van der Waals surface area contributed by atoms with Crippen molar-refractivity contribution in [1.82, 2.24) is 24.5 Å². The Hall–Kier alpha value is -2.87. The van der Waals surface area contributed by atoms with Gasteiger partial charge in [-0.25, -0.2) is 4.68 Å². The van der Waals surface area contributed by atoms with Gasteiger partial charge in [0.2, 0.25) is 5.91 Å². The quantitative estimate of drug-likeness (QED) is 0.353. The van der Waals surface area contributed by atoms with E-state index in [9.17, 15) is 4.79 Å². The maximum absolute atomic E-state index is 12.7. The number of nitrogens with one attached hydrogen (secondary N) is 1. The van der Waals surface area contributed by atoms with Crippen molar-refractivity contribution in [1.29, 1.82) is 0 Å². The third kappa shape index (κ3) is 5.38. The molecule has 3 aromatic rings. The van der Waals surface area contributed by atoms with Crippen LogP contribution in [-0.4, -0.2) is 36.2 Å². The van der Waals surface area contributed by atoms with E-state index >= 15 is 0 Å². The lowest BCUT2D eigenvalue weighted by Gasteiger charge is -2.19. The summed E-state index contributed by atoms with van der Waals surface area (Å²) < 4.78 is 3.95. The molecule has 0 atom stereocenters. The average Bonchev–Trinajstić information content (AvgIpc) is 3.53. The van der Waals surface area contributed by atoms with Gasteiger partial charge in [-0.3, -0.25) is 9.36 Å². The number of rotatable bonds is 8. The van der Waals surface area contributed by atoms with Crippen molar-refractivity contribution in [2.45, 2.75) is 69.6 Å². The second kappa shape index (κ2) is 9.95. The first-order valence-corrected chi connectivity index (χ1v) is 12.5. The van der Waals surface area contributed by atoms with E-state index in [0.29, 0.717) is 17.7 Å². The van der Waals surface area contributed by atoms with E-state index in [1.165, 1.54) is 30.2 Å². The topological polar surface area (TPSA) is 77.6 Å².